The fourth-order valence-corrected chi connectivity index (χ4v) is 2.35. The van der Waals surface area contributed by atoms with Crippen LogP contribution >= 0.6 is 0 Å². The van der Waals surface area contributed by atoms with Crippen molar-refractivity contribution in [2.24, 2.45) is 5.92 Å². The number of hydrogen-bond donors (Lipinski definition) is 3. The molecule has 0 aliphatic carbocycles. The molecule has 0 atom stereocenters. The van der Waals surface area contributed by atoms with E-state index in [1.807, 2.05) is 13.8 Å². The van der Waals surface area contributed by atoms with Crippen LogP contribution in [-0.4, -0.2) is 26.6 Å². The average Bonchev–Trinajstić information content (AvgIpc) is 2.29. The molecule has 0 unspecified atom stereocenters. The van der Waals surface area contributed by atoms with Gasteiger partial charge in [-0.3, -0.25) is 0 Å². The Hall–Kier alpha value is -1.11. The molecule has 3 N–H and O–H groups in total. The van der Waals surface area contributed by atoms with Crippen LogP contribution in [0.15, 0.2) is 24.3 Å². The first kappa shape index (κ1) is 14.9. The first-order valence-corrected chi connectivity index (χ1v) is 7.39. The number of phenolic OH excluding ortho intramolecular Hbond substituents is 1. The van der Waals surface area contributed by atoms with E-state index in [4.69, 9.17) is 5.11 Å². The summed E-state index contributed by atoms with van der Waals surface area (Å²) in [4.78, 5) is 0. The minimum absolute atomic E-state index is 0.206. The lowest BCUT2D eigenvalue weighted by molar-refractivity contribution is 0.475. The Morgan fingerprint density at radius 1 is 1.17 bits per heavy atom. The molecule has 1 rings (SSSR count). The number of hydrogen-bond acceptors (Lipinski definition) is 3. The maximum atomic E-state index is 11.5. The zero-order chi connectivity index (χ0) is 13.6. The predicted molar refractivity (Wildman–Crippen MR) is 71.6 cm³/mol. The summed E-state index contributed by atoms with van der Waals surface area (Å²) in [6, 6.07) is 6.71. The van der Waals surface area contributed by atoms with Crippen molar-refractivity contribution in [3.8, 4) is 5.75 Å². The molecule has 1 aromatic carbocycles. The molecule has 102 valence electrons. The lowest BCUT2D eigenvalue weighted by Crippen LogP contribution is -2.39. The van der Waals surface area contributed by atoms with Gasteiger partial charge < -0.3 is 5.11 Å². The number of aromatic hydroxyl groups is 1. The molecule has 6 heteroatoms. The molecular weight excluding hydrogens is 252 g/mol. The van der Waals surface area contributed by atoms with Crippen LogP contribution in [0.3, 0.4) is 0 Å². The van der Waals surface area contributed by atoms with E-state index >= 15 is 0 Å². The molecule has 0 amide bonds. The Bertz CT molecular complexity index is 455. The van der Waals surface area contributed by atoms with Crippen molar-refractivity contribution >= 4 is 10.2 Å². The van der Waals surface area contributed by atoms with Crippen molar-refractivity contribution in [1.29, 1.82) is 0 Å². The molecule has 0 spiro atoms. The first-order chi connectivity index (χ1) is 8.39. The molecule has 5 nitrogen and oxygen atoms in total. The van der Waals surface area contributed by atoms with Crippen LogP contribution in [0.5, 0.6) is 5.75 Å². The molecule has 0 bridgehead atoms. The van der Waals surface area contributed by atoms with Crippen LogP contribution in [0.1, 0.15) is 19.4 Å². The van der Waals surface area contributed by atoms with E-state index in [9.17, 15) is 8.42 Å². The van der Waals surface area contributed by atoms with Crippen molar-refractivity contribution < 1.29 is 13.5 Å². The van der Waals surface area contributed by atoms with Gasteiger partial charge in [-0.25, -0.2) is 9.44 Å². The van der Waals surface area contributed by atoms with Gasteiger partial charge in [0.05, 0.1) is 0 Å². The number of nitrogens with one attached hydrogen (secondary N) is 2. The summed E-state index contributed by atoms with van der Waals surface area (Å²) >= 11 is 0. The van der Waals surface area contributed by atoms with Gasteiger partial charge in [-0.15, -0.1) is 0 Å². The molecule has 0 aliphatic rings. The van der Waals surface area contributed by atoms with Gasteiger partial charge in [0.2, 0.25) is 0 Å². The fourth-order valence-electron chi connectivity index (χ4n) is 1.32. The Morgan fingerprint density at radius 2 is 1.78 bits per heavy atom. The van der Waals surface area contributed by atoms with Gasteiger partial charge in [0.15, 0.2) is 0 Å². The second-order valence-electron chi connectivity index (χ2n) is 4.56. The minimum atomic E-state index is -3.40. The zero-order valence-corrected chi connectivity index (χ0v) is 11.5. The molecule has 0 fully saturated rings. The third-order valence-electron chi connectivity index (χ3n) is 2.32. The lowest BCUT2D eigenvalue weighted by Gasteiger charge is -2.09. The van der Waals surface area contributed by atoms with Gasteiger partial charge in [0.1, 0.15) is 5.75 Å². The predicted octanol–water partition coefficient (Wildman–Crippen LogP) is 1.01. The monoisotopic (exact) mass is 272 g/mol. The van der Waals surface area contributed by atoms with Gasteiger partial charge in [0, 0.05) is 13.1 Å². The summed E-state index contributed by atoms with van der Waals surface area (Å²) in [5.74, 6) is 0.483. The van der Waals surface area contributed by atoms with Gasteiger partial charge in [0.25, 0.3) is 10.2 Å². The molecule has 0 saturated heterocycles. The summed E-state index contributed by atoms with van der Waals surface area (Å²) in [7, 11) is -3.40. The van der Waals surface area contributed by atoms with Crippen molar-refractivity contribution in [1.82, 2.24) is 9.44 Å². The summed E-state index contributed by atoms with van der Waals surface area (Å²) in [6.07, 6.45) is 0.586. The van der Waals surface area contributed by atoms with Crippen LogP contribution in [0.4, 0.5) is 0 Å². The lowest BCUT2D eigenvalue weighted by atomic mass is 10.1. The first-order valence-electron chi connectivity index (χ1n) is 5.91. The van der Waals surface area contributed by atoms with Gasteiger partial charge in [-0.1, -0.05) is 26.0 Å². The van der Waals surface area contributed by atoms with Crippen molar-refractivity contribution in [2.45, 2.75) is 20.3 Å². The molecule has 0 heterocycles. The van der Waals surface area contributed by atoms with E-state index in [1.165, 1.54) is 0 Å². The second-order valence-corrected chi connectivity index (χ2v) is 6.14. The molecule has 0 radical (unpaired) electrons. The Kier molecular flexibility index (Phi) is 5.58. The van der Waals surface area contributed by atoms with E-state index < -0.39 is 10.2 Å². The SMILES string of the molecule is CC(C)CNS(=O)(=O)NCCc1ccc(O)cc1. The van der Waals surface area contributed by atoms with Gasteiger partial charge >= 0.3 is 0 Å². The highest BCUT2D eigenvalue weighted by atomic mass is 32.2. The van der Waals surface area contributed by atoms with Gasteiger partial charge in [-0.05, 0) is 30.0 Å². The van der Waals surface area contributed by atoms with Crippen LogP contribution < -0.4 is 9.44 Å². The zero-order valence-electron chi connectivity index (χ0n) is 10.7. The second kappa shape index (κ2) is 6.72. The van der Waals surface area contributed by atoms with Crippen LogP contribution in [-0.2, 0) is 16.6 Å². The summed E-state index contributed by atoms with van der Waals surface area (Å²) in [5, 5.41) is 9.11. The number of benzene rings is 1. The molecule has 1 aromatic rings. The van der Waals surface area contributed by atoms with Crippen LogP contribution in [0.25, 0.3) is 0 Å². The van der Waals surface area contributed by atoms with Gasteiger partial charge in [-0.2, -0.15) is 8.42 Å². The molecular formula is C12H20N2O3S. The average molecular weight is 272 g/mol. The van der Waals surface area contributed by atoms with Crippen LogP contribution in [0.2, 0.25) is 0 Å². The summed E-state index contributed by atoms with van der Waals surface area (Å²) in [5.41, 5.74) is 0.972. The summed E-state index contributed by atoms with van der Waals surface area (Å²) < 4.78 is 28.0. The maximum absolute atomic E-state index is 11.5. The third kappa shape index (κ3) is 6.00. The maximum Gasteiger partial charge on any atom is 0.276 e. The highest BCUT2D eigenvalue weighted by Gasteiger charge is 2.08. The van der Waals surface area contributed by atoms with E-state index in [1.54, 1.807) is 24.3 Å². The Balaban J connectivity index is 2.34. The van der Waals surface area contributed by atoms with Crippen LogP contribution in [0, 0.1) is 5.92 Å². The number of rotatable bonds is 7. The molecule has 0 aromatic heterocycles. The van der Waals surface area contributed by atoms with Crippen molar-refractivity contribution in [3.05, 3.63) is 29.8 Å². The van der Waals surface area contributed by atoms with Crippen molar-refractivity contribution in [2.75, 3.05) is 13.1 Å². The molecule has 18 heavy (non-hydrogen) atoms. The fraction of sp³-hybridized carbons (Fsp3) is 0.500. The normalized spacial score (nSPS) is 11.9. The number of phenols is 1. The van der Waals surface area contributed by atoms with E-state index in [2.05, 4.69) is 9.44 Å². The largest absolute Gasteiger partial charge is 0.508 e. The smallest absolute Gasteiger partial charge is 0.276 e. The third-order valence-corrected chi connectivity index (χ3v) is 3.45. The molecule has 0 aliphatic heterocycles. The highest BCUT2D eigenvalue weighted by molar-refractivity contribution is 7.87. The van der Waals surface area contributed by atoms with E-state index in [0.717, 1.165) is 5.56 Å². The van der Waals surface area contributed by atoms with E-state index in [0.29, 0.717) is 19.5 Å². The topological polar surface area (TPSA) is 78.4 Å². The van der Waals surface area contributed by atoms with Crippen molar-refractivity contribution in [3.63, 3.8) is 0 Å². The quantitative estimate of drug-likeness (QED) is 0.693. The minimum Gasteiger partial charge on any atom is -0.508 e. The Morgan fingerprint density at radius 3 is 2.33 bits per heavy atom. The molecule has 0 saturated carbocycles. The Labute approximate surface area is 108 Å². The standard InChI is InChI=1S/C12H20N2O3S/c1-10(2)9-14-18(16,17)13-8-7-11-3-5-12(15)6-4-11/h3-6,10,13-15H,7-9H2,1-2H3. The highest BCUT2D eigenvalue weighted by Crippen LogP contribution is 2.09. The summed E-state index contributed by atoms with van der Waals surface area (Å²) in [6.45, 7) is 4.64. The van der Waals surface area contributed by atoms with E-state index in [-0.39, 0.29) is 11.7 Å².